The van der Waals surface area contributed by atoms with Crippen molar-refractivity contribution in [2.75, 3.05) is 24.0 Å². The molecule has 4 heteroatoms. The van der Waals surface area contributed by atoms with E-state index < -0.39 is 0 Å². The van der Waals surface area contributed by atoms with Crippen molar-refractivity contribution in [3.8, 4) is 0 Å². The molecule has 0 fully saturated rings. The second-order valence-electron chi connectivity index (χ2n) is 6.81. The second-order valence-corrected chi connectivity index (χ2v) is 6.81. The molecule has 1 aliphatic rings. The number of hydrogen-bond acceptors (Lipinski definition) is 3. The van der Waals surface area contributed by atoms with Gasteiger partial charge in [-0.2, -0.15) is 10.1 Å². The fourth-order valence-electron chi connectivity index (χ4n) is 3.13. The number of carbonyl (C=O) groups excluding carboxylic acids is 1. The molecule has 0 atom stereocenters. The summed E-state index contributed by atoms with van der Waals surface area (Å²) in [7, 11) is 4.01. The molecule has 0 aliphatic carbocycles. The lowest BCUT2D eigenvalue weighted by Crippen LogP contribution is -2.21. The van der Waals surface area contributed by atoms with Crippen LogP contribution in [0.3, 0.4) is 0 Å². The van der Waals surface area contributed by atoms with Crippen molar-refractivity contribution in [1.82, 2.24) is 0 Å². The first-order valence-electron chi connectivity index (χ1n) is 9.16. The third kappa shape index (κ3) is 3.45. The maximum Gasteiger partial charge on any atom is 0.281 e. The van der Waals surface area contributed by atoms with Gasteiger partial charge >= 0.3 is 0 Å². The van der Waals surface area contributed by atoms with Gasteiger partial charge in [0.1, 0.15) is 5.71 Å². The Morgan fingerprint density at radius 3 is 2.04 bits per heavy atom. The van der Waals surface area contributed by atoms with Gasteiger partial charge in [0.2, 0.25) is 0 Å². The van der Waals surface area contributed by atoms with Gasteiger partial charge in [-0.25, -0.2) is 0 Å². The quantitative estimate of drug-likeness (QED) is 0.633. The first-order chi connectivity index (χ1) is 13.6. The van der Waals surface area contributed by atoms with Crippen LogP contribution in [0.25, 0.3) is 6.08 Å². The lowest BCUT2D eigenvalue weighted by atomic mass is 10.00. The van der Waals surface area contributed by atoms with E-state index in [1.807, 2.05) is 110 Å². The number of para-hydroxylation sites is 1. The topological polar surface area (TPSA) is 35.9 Å². The SMILES string of the molecule is CN(C)c1ccc(C=C2C(=O)N(c3ccccc3)N=C2c2ccccc2)cc1. The van der Waals surface area contributed by atoms with E-state index in [0.29, 0.717) is 11.3 Å². The Morgan fingerprint density at radius 1 is 0.821 bits per heavy atom. The zero-order valence-electron chi connectivity index (χ0n) is 15.9. The maximum atomic E-state index is 13.2. The van der Waals surface area contributed by atoms with Gasteiger partial charge in [0.15, 0.2) is 0 Å². The molecule has 0 radical (unpaired) electrons. The molecule has 1 amide bonds. The lowest BCUT2D eigenvalue weighted by Gasteiger charge is -2.12. The molecule has 0 aromatic heterocycles. The van der Waals surface area contributed by atoms with E-state index in [1.54, 1.807) is 0 Å². The smallest absolute Gasteiger partial charge is 0.281 e. The van der Waals surface area contributed by atoms with Gasteiger partial charge in [-0.15, -0.1) is 0 Å². The zero-order valence-corrected chi connectivity index (χ0v) is 15.9. The third-order valence-electron chi connectivity index (χ3n) is 4.65. The molecule has 0 saturated carbocycles. The fraction of sp³-hybridized carbons (Fsp3) is 0.0833. The third-order valence-corrected chi connectivity index (χ3v) is 4.65. The first-order valence-corrected chi connectivity index (χ1v) is 9.16. The summed E-state index contributed by atoms with van der Waals surface area (Å²) >= 11 is 0. The van der Waals surface area contributed by atoms with E-state index in [9.17, 15) is 4.79 Å². The summed E-state index contributed by atoms with van der Waals surface area (Å²) in [5.74, 6) is -0.123. The fourth-order valence-corrected chi connectivity index (χ4v) is 3.13. The highest BCUT2D eigenvalue weighted by Crippen LogP contribution is 2.28. The van der Waals surface area contributed by atoms with Gasteiger partial charge in [0.05, 0.1) is 11.3 Å². The van der Waals surface area contributed by atoms with Crippen LogP contribution in [0.1, 0.15) is 11.1 Å². The second kappa shape index (κ2) is 7.53. The molecule has 0 unspecified atom stereocenters. The van der Waals surface area contributed by atoms with Gasteiger partial charge in [-0.05, 0) is 35.9 Å². The number of benzene rings is 3. The van der Waals surface area contributed by atoms with Gasteiger partial charge in [-0.3, -0.25) is 4.79 Å². The molecule has 1 heterocycles. The standard InChI is InChI=1S/C24H21N3O/c1-26(2)20-15-13-18(14-16-20)17-22-23(19-9-5-3-6-10-19)25-27(24(22)28)21-11-7-4-8-12-21/h3-17H,1-2H3. The summed E-state index contributed by atoms with van der Waals surface area (Å²) in [5, 5.41) is 6.13. The molecule has 3 aromatic rings. The number of rotatable bonds is 4. The van der Waals surface area contributed by atoms with Crippen LogP contribution < -0.4 is 9.91 Å². The Hall–Kier alpha value is -3.66. The van der Waals surface area contributed by atoms with Crippen molar-refractivity contribution in [2.24, 2.45) is 5.10 Å². The monoisotopic (exact) mass is 367 g/mol. The van der Waals surface area contributed by atoms with Crippen LogP contribution in [0.2, 0.25) is 0 Å². The number of nitrogens with zero attached hydrogens (tertiary/aromatic N) is 3. The Bertz CT molecular complexity index is 1040. The minimum Gasteiger partial charge on any atom is -0.378 e. The molecule has 138 valence electrons. The van der Waals surface area contributed by atoms with Crippen molar-refractivity contribution in [2.45, 2.75) is 0 Å². The van der Waals surface area contributed by atoms with Crippen molar-refractivity contribution in [3.63, 3.8) is 0 Å². The Labute approximate surface area is 165 Å². The number of anilines is 2. The van der Waals surface area contributed by atoms with Crippen LogP contribution in [-0.2, 0) is 4.79 Å². The number of carbonyl (C=O) groups is 1. The van der Waals surface area contributed by atoms with E-state index in [0.717, 1.165) is 22.5 Å². The summed E-state index contributed by atoms with van der Waals surface area (Å²) in [4.78, 5) is 15.3. The van der Waals surface area contributed by atoms with Gasteiger partial charge < -0.3 is 4.90 Å². The molecule has 4 rings (SSSR count). The van der Waals surface area contributed by atoms with E-state index in [4.69, 9.17) is 0 Å². The maximum absolute atomic E-state index is 13.2. The first kappa shape index (κ1) is 17.7. The summed E-state index contributed by atoms with van der Waals surface area (Å²) in [6, 6.07) is 27.4. The summed E-state index contributed by atoms with van der Waals surface area (Å²) < 4.78 is 0. The van der Waals surface area contributed by atoms with Crippen LogP contribution in [0, 0.1) is 0 Å². The molecule has 0 bridgehead atoms. The Kier molecular flexibility index (Phi) is 4.77. The van der Waals surface area contributed by atoms with Crippen molar-refractivity contribution >= 4 is 29.1 Å². The molecule has 1 aliphatic heterocycles. The van der Waals surface area contributed by atoms with Gasteiger partial charge in [-0.1, -0.05) is 60.7 Å². The highest BCUT2D eigenvalue weighted by atomic mass is 16.2. The normalized spacial score (nSPS) is 15.1. The minimum atomic E-state index is -0.123. The van der Waals surface area contributed by atoms with Crippen molar-refractivity contribution < 1.29 is 4.79 Å². The molecular formula is C24H21N3O. The molecule has 0 saturated heterocycles. The molecule has 0 N–H and O–H groups in total. The summed E-state index contributed by atoms with van der Waals surface area (Å²) in [5.41, 5.74) is 5.03. The average molecular weight is 367 g/mol. The molecule has 4 nitrogen and oxygen atoms in total. The summed E-state index contributed by atoms with van der Waals surface area (Å²) in [6.45, 7) is 0. The number of hydrogen-bond donors (Lipinski definition) is 0. The minimum absolute atomic E-state index is 0.123. The Morgan fingerprint density at radius 2 is 1.43 bits per heavy atom. The van der Waals surface area contributed by atoms with Gasteiger partial charge in [0, 0.05) is 25.3 Å². The number of hydrazone groups is 1. The predicted octanol–water partition coefficient (Wildman–Crippen LogP) is 4.59. The average Bonchev–Trinajstić information content (AvgIpc) is 3.06. The van der Waals surface area contributed by atoms with Crippen molar-refractivity contribution in [1.29, 1.82) is 0 Å². The summed E-state index contributed by atoms with van der Waals surface area (Å²) in [6.07, 6.45) is 1.91. The van der Waals surface area contributed by atoms with Crippen LogP contribution in [-0.4, -0.2) is 25.7 Å². The van der Waals surface area contributed by atoms with E-state index in [2.05, 4.69) is 5.10 Å². The van der Waals surface area contributed by atoms with Crippen LogP contribution >= 0.6 is 0 Å². The molecule has 0 spiro atoms. The molecule has 3 aromatic carbocycles. The van der Waals surface area contributed by atoms with Gasteiger partial charge in [0.25, 0.3) is 5.91 Å². The molecular weight excluding hydrogens is 346 g/mol. The van der Waals surface area contributed by atoms with Crippen LogP contribution in [0.15, 0.2) is 95.6 Å². The lowest BCUT2D eigenvalue weighted by molar-refractivity contribution is -0.114. The van der Waals surface area contributed by atoms with Crippen LogP contribution in [0.4, 0.5) is 11.4 Å². The van der Waals surface area contributed by atoms with E-state index in [-0.39, 0.29) is 5.91 Å². The van der Waals surface area contributed by atoms with E-state index >= 15 is 0 Å². The number of amides is 1. The predicted molar refractivity (Wildman–Crippen MR) is 116 cm³/mol. The highest BCUT2D eigenvalue weighted by Gasteiger charge is 2.31. The van der Waals surface area contributed by atoms with E-state index in [1.165, 1.54) is 5.01 Å². The Balaban J connectivity index is 1.77. The van der Waals surface area contributed by atoms with Crippen molar-refractivity contribution in [3.05, 3.63) is 102 Å². The molecule has 28 heavy (non-hydrogen) atoms. The highest BCUT2D eigenvalue weighted by molar-refractivity contribution is 6.37. The largest absolute Gasteiger partial charge is 0.378 e. The van der Waals surface area contributed by atoms with Crippen LogP contribution in [0.5, 0.6) is 0 Å². The zero-order chi connectivity index (χ0) is 19.5.